The predicted octanol–water partition coefficient (Wildman–Crippen LogP) is 0.922. The van der Waals surface area contributed by atoms with Gasteiger partial charge in [0.05, 0.1) is 11.4 Å². The van der Waals surface area contributed by atoms with E-state index in [4.69, 9.17) is 10.8 Å². The van der Waals surface area contributed by atoms with Gasteiger partial charge >= 0.3 is 0 Å². The van der Waals surface area contributed by atoms with E-state index in [0.29, 0.717) is 18.7 Å². The zero-order valence-electron chi connectivity index (χ0n) is 9.31. The lowest BCUT2D eigenvalue weighted by molar-refractivity contribution is -0.117. The molecule has 3 N–H and O–H groups in total. The number of amides is 1. The molecule has 1 aliphatic rings. The Morgan fingerprint density at radius 3 is 2.88 bits per heavy atom. The van der Waals surface area contributed by atoms with Crippen LogP contribution in [0.3, 0.4) is 0 Å². The number of benzene rings is 1. The standard InChI is InChI=1S/C12H16N2O2/c1-8-3-2-4-10(13)12(8)14-6-9(7-15)5-11(14)16/h2-4,9,15H,5-7,13H2,1H3. The smallest absolute Gasteiger partial charge is 0.227 e. The average molecular weight is 220 g/mol. The molecule has 1 saturated heterocycles. The Labute approximate surface area is 94.7 Å². The molecule has 1 heterocycles. The first-order valence-electron chi connectivity index (χ1n) is 5.39. The fourth-order valence-electron chi connectivity index (χ4n) is 2.17. The summed E-state index contributed by atoms with van der Waals surface area (Å²) in [4.78, 5) is 13.5. The van der Waals surface area contributed by atoms with E-state index in [1.54, 1.807) is 11.0 Å². The van der Waals surface area contributed by atoms with Crippen LogP contribution in [0.15, 0.2) is 18.2 Å². The van der Waals surface area contributed by atoms with Gasteiger partial charge in [-0.25, -0.2) is 0 Å². The third-order valence-electron chi connectivity index (χ3n) is 3.00. The molecule has 0 aliphatic carbocycles. The molecule has 0 spiro atoms. The summed E-state index contributed by atoms with van der Waals surface area (Å²) < 4.78 is 0. The Morgan fingerprint density at radius 1 is 1.56 bits per heavy atom. The fraction of sp³-hybridized carbons (Fsp3) is 0.417. The van der Waals surface area contributed by atoms with Crippen LogP contribution in [0.25, 0.3) is 0 Å². The van der Waals surface area contributed by atoms with E-state index in [1.807, 2.05) is 19.1 Å². The van der Waals surface area contributed by atoms with Gasteiger partial charge in [0.1, 0.15) is 0 Å². The van der Waals surface area contributed by atoms with Gasteiger partial charge in [-0.15, -0.1) is 0 Å². The molecule has 0 bridgehead atoms. The normalized spacial score (nSPS) is 20.5. The van der Waals surface area contributed by atoms with Crippen molar-refractivity contribution < 1.29 is 9.90 Å². The molecular weight excluding hydrogens is 204 g/mol. The number of nitrogen functional groups attached to an aromatic ring is 1. The second-order valence-corrected chi connectivity index (χ2v) is 4.27. The molecule has 4 nitrogen and oxygen atoms in total. The monoisotopic (exact) mass is 220 g/mol. The van der Waals surface area contributed by atoms with Crippen LogP contribution in [0.4, 0.5) is 11.4 Å². The van der Waals surface area contributed by atoms with Gasteiger partial charge in [-0.2, -0.15) is 0 Å². The molecule has 1 aliphatic heterocycles. The first-order valence-corrected chi connectivity index (χ1v) is 5.39. The fourth-order valence-corrected chi connectivity index (χ4v) is 2.17. The van der Waals surface area contributed by atoms with Crippen LogP contribution in [-0.2, 0) is 4.79 Å². The van der Waals surface area contributed by atoms with Crippen molar-refractivity contribution in [2.24, 2.45) is 5.92 Å². The highest BCUT2D eigenvalue weighted by Crippen LogP contribution is 2.32. The molecule has 16 heavy (non-hydrogen) atoms. The van der Waals surface area contributed by atoms with E-state index in [0.717, 1.165) is 11.3 Å². The van der Waals surface area contributed by atoms with Gasteiger partial charge in [0, 0.05) is 25.5 Å². The molecule has 2 rings (SSSR count). The van der Waals surface area contributed by atoms with Crippen LogP contribution in [0.1, 0.15) is 12.0 Å². The van der Waals surface area contributed by atoms with Crippen LogP contribution >= 0.6 is 0 Å². The van der Waals surface area contributed by atoms with E-state index < -0.39 is 0 Å². The summed E-state index contributed by atoms with van der Waals surface area (Å²) in [6, 6.07) is 5.60. The zero-order chi connectivity index (χ0) is 11.7. The van der Waals surface area contributed by atoms with Gasteiger partial charge in [-0.05, 0) is 18.6 Å². The number of para-hydroxylation sites is 1. The Balaban J connectivity index is 2.35. The zero-order valence-corrected chi connectivity index (χ0v) is 9.31. The van der Waals surface area contributed by atoms with Crippen molar-refractivity contribution in [2.75, 3.05) is 23.8 Å². The molecule has 1 fully saturated rings. The lowest BCUT2D eigenvalue weighted by Gasteiger charge is -2.20. The van der Waals surface area contributed by atoms with Crippen molar-refractivity contribution in [2.45, 2.75) is 13.3 Å². The molecule has 86 valence electrons. The molecule has 0 saturated carbocycles. The summed E-state index contributed by atoms with van der Waals surface area (Å²) in [7, 11) is 0. The second-order valence-electron chi connectivity index (χ2n) is 4.27. The minimum atomic E-state index is 0.0338. The van der Waals surface area contributed by atoms with Crippen molar-refractivity contribution in [1.29, 1.82) is 0 Å². The summed E-state index contributed by atoms with van der Waals surface area (Å²) in [5, 5.41) is 9.08. The maximum Gasteiger partial charge on any atom is 0.227 e. The first-order chi connectivity index (χ1) is 7.63. The lowest BCUT2D eigenvalue weighted by Crippen LogP contribution is -2.26. The number of carbonyl (C=O) groups excluding carboxylic acids is 1. The molecular formula is C12H16N2O2. The van der Waals surface area contributed by atoms with Gasteiger partial charge in [-0.1, -0.05) is 12.1 Å². The van der Waals surface area contributed by atoms with Gasteiger partial charge in [0.25, 0.3) is 0 Å². The molecule has 4 heteroatoms. The SMILES string of the molecule is Cc1cccc(N)c1N1CC(CO)CC1=O. The van der Waals surface area contributed by atoms with Gasteiger partial charge < -0.3 is 15.7 Å². The lowest BCUT2D eigenvalue weighted by atomic mass is 10.1. The van der Waals surface area contributed by atoms with E-state index >= 15 is 0 Å². The van der Waals surface area contributed by atoms with Crippen LogP contribution in [-0.4, -0.2) is 24.2 Å². The largest absolute Gasteiger partial charge is 0.397 e. The minimum absolute atomic E-state index is 0.0338. The number of anilines is 2. The molecule has 1 atom stereocenters. The number of aliphatic hydroxyl groups is 1. The number of aliphatic hydroxyl groups excluding tert-OH is 1. The predicted molar refractivity (Wildman–Crippen MR) is 63.1 cm³/mol. The Bertz CT molecular complexity index is 397. The van der Waals surface area contributed by atoms with Crippen LogP contribution < -0.4 is 10.6 Å². The van der Waals surface area contributed by atoms with Gasteiger partial charge in [0.15, 0.2) is 0 Å². The van der Waals surface area contributed by atoms with Crippen molar-refractivity contribution >= 4 is 17.3 Å². The number of nitrogens with two attached hydrogens (primary N) is 1. The van der Waals surface area contributed by atoms with Crippen LogP contribution in [0.5, 0.6) is 0 Å². The number of rotatable bonds is 2. The molecule has 0 aromatic heterocycles. The van der Waals surface area contributed by atoms with E-state index in [2.05, 4.69) is 0 Å². The number of carbonyl (C=O) groups is 1. The second kappa shape index (κ2) is 4.14. The van der Waals surface area contributed by atoms with E-state index in [9.17, 15) is 4.79 Å². The molecule has 1 unspecified atom stereocenters. The minimum Gasteiger partial charge on any atom is -0.397 e. The Morgan fingerprint density at radius 2 is 2.31 bits per heavy atom. The van der Waals surface area contributed by atoms with Crippen molar-refractivity contribution in [1.82, 2.24) is 0 Å². The van der Waals surface area contributed by atoms with Crippen molar-refractivity contribution in [3.05, 3.63) is 23.8 Å². The molecule has 1 aromatic carbocycles. The van der Waals surface area contributed by atoms with Crippen molar-refractivity contribution in [3.63, 3.8) is 0 Å². The maximum absolute atomic E-state index is 11.8. The van der Waals surface area contributed by atoms with Crippen LogP contribution in [0.2, 0.25) is 0 Å². The Hall–Kier alpha value is -1.55. The van der Waals surface area contributed by atoms with E-state index in [1.165, 1.54) is 0 Å². The Kier molecular flexibility index (Phi) is 2.83. The van der Waals surface area contributed by atoms with E-state index in [-0.39, 0.29) is 18.4 Å². The molecule has 0 radical (unpaired) electrons. The molecule has 1 aromatic rings. The third kappa shape index (κ3) is 1.76. The summed E-state index contributed by atoms with van der Waals surface area (Å²) >= 11 is 0. The topological polar surface area (TPSA) is 66.6 Å². The number of hydrogen-bond acceptors (Lipinski definition) is 3. The van der Waals surface area contributed by atoms with Crippen molar-refractivity contribution in [3.8, 4) is 0 Å². The summed E-state index contributed by atoms with van der Waals surface area (Å²) in [6.07, 6.45) is 0.407. The highest BCUT2D eigenvalue weighted by Gasteiger charge is 2.31. The van der Waals surface area contributed by atoms with Gasteiger partial charge in [-0.3, -0.25) is 4.79 Å². The van der Waals surface area contributed by atoms with Gasteiger partial charge in [0.2, 0.25) is 5.91 Å². The first kappa shape index (κ1) is 11.0. The average Bonchev–Trinajstić information content (AvgIpc) is 2.60. The molecule has 1 amide bonds. The third-order valence-corrected chi connectivity index (χ3v) is 3.00. The highest BCUT2D eigenvalue weighted by molar-refractivity contribution is 5.99. The highest BCUT2D eigenvalue weighted by atomic mass is 16.3. The maximum atomic E-state index is 11.8. The quantitative estimate of drug-likeness (QED) is 0.728. The number of aryl methyl sites for hydroxylation is 1. The number of hydrogen-bond donors (Lipinski definition) is 2. The summed E-state index contributed by atoms with van der Waals surface area (Å²) in [5.74, 6) is 0.0755. The number of nitrogens with zero attached hydrogens (tertiary/aromatic N) is 1. The summed E-state index contributed by atoms with van der Waals surface area (Å²) in [6.45, 7) is 2.55. The van der Waals surface area contributed by atoms with Crippen LogP contribution in [0, 0.1) is 12.8 Å². The summed E-state index contributed by atoms with van der Waals surface area (Å²) in [5.41, 5.74) is 8.30.